The van der Waals surface area contributed by atoms with E-state index in [-0.39, 0.29) is 18.0 Å². The quantitative estimate of drug-likeness (QED) is 0.536. The molecule has 0 saturated carbocycles. The van der Waals surface area contributed by atoms with Crippen LogP contribution in [0.3, 0.4) is 0 Å². The van der Waals surface area contributed by atoms with Gasteiger partial charge in [-0.25, -0.2) is 0 Å². The van der Waals surface area contributed by atoms with Crippen molar-refractivity contribution in [1.82, 2.24) is 10.6 Å². The number of thiol groups is 1. The van der Waals surface area contributed by atoms with E-state index in [0.717, 1.165) is 12.0 Å². The second-order valence-electron chi connectivity index (χ2n) is 4.52. The van der Waals surface area contributed by atoms with E-state index in [1.165, 1.54) is 0 Å². The highest BCUT2D eigenvalue weighted by molar-refractivity contribution is 7.80. The average molecular weight is 281 g/mol. The fraction of sp³-hybridized carbons (Fsp3) is 0.500. The topological polar surface area (TPSA) is 67.1 Å². The average Bonchev–Trinajstić information content (AvgIpc) is 2.46. The Hall–Kier alpha value is -1.04. The maximum Gasteiger partial charge on any atom is 0.237 e. The minimum atomic E-state index is -0.199. The molecule has 4 nitrogen and oxygen atoms in total. The van der Waals surface area contributed by atoms with E-state index in [4.69, 9.17) is 5.73 Å². The standard InChI is InChI=1S/C14H23N3OS/c1-2-13(16-9-12(15)10-19)14(18)17-8-11-6-4-3-5-7-11/h3-7,12-13,16,19H,2,8-10,15H2,1H3,(H,17,18)/t12-,13+/m1/s1. The van der Waals surface area contributed by atoms with Gasteiger partial charge in [0.1, 0.15) is 0 Å². The molecule has 0 aromatic heterocycles. The normalized spacial score (nSPS) is 13.8. The zero-order chi connectivity index (χ0) is 14.1. The van der Waals surface area contributed by atoms with Crippen LogP contribution in [-0.2, 0) is 11.3 Å². The lowest BCUT2D eigenvalue weighted by molar-refractivity contribution is -0.123. The van der Waals surface area contributed by atoms with Gasteiger partial charge in [-0.1, -0.05) is 37.3 Å². The van der Waals surface area contributed by atoms with Gasteiger partial charge in [-0.2, -0.15) is 12.6 Å². The fourth-order valence-electron chi connectivity index (χ4n) is 1.69. The molecule has 2 atom stereocenters. The lowest BCUT2D eigenvalue weighted by atomic mass is 10.2. The third kappa shape index (κ3) is 6.09. The molecule has 0 fully saturated rings. The molecule has 0 bridgehead atoms. The Morgan fingerprint density at radius 3 is 2.63 bits per heavy atom. The van der Waals surface area contributed by atoms with Crippen molar-refractivity contribution in [3.8, 4) is 0 Å². The molecule has 0 radical (unpaired) electrons. The highest BCUT2D eigenvalue weighted by Crippen LogP contribution is 1.99. The number of nitrogens with one attached hydrogen (secondary N) is 2. The van der Waals surface area contributed by atoms with Gasteiger partial charge in [-0.3, -0.25) is 4.79 Å². The second-order valence-corrected chi connectivity index (χ2v) is 4.88. The largest absolute Gasteiger partial charge is 0.351 e. The van der Waals surface area contributed by atoms with E-state index < -0.39 is 0 Å². The van der Waals surface area contributed by atoms with Crippen LogP contribution in [0.1, 0.15) is 18.9 Å². The summed E-state index contributed by atoms with van der Waals surface area (Å²) in [5.41, 5.74) is 6.87. The Morgan fingerprint density at radius 1 is 1.37 bits per heavy atom. The molecule has 1 aromatic carbocycles. The summed E-state index contributed by atoms with van der Waals surface area (Å²) in [4.78, 5) is 12.0. The van der Waals surface area contributed by atoms with Crippen molar-refractivity contribution in [2.45, 2.75) is 32.0 Å². The molecule has 5 heteroatoms. The molecule has 0 aliphatic carbocycles. The summed E-state index contributed by atoms with van der Waals surface area (Å²) in [6.45, 7) is 3.13. The van der Waals surface area contributed by atoms with Crippen LogP contribution in [-0.4, -0.2) is 30.3 Å². The van der Waals surface area contributed by atoms with Crippen molar-refractivity contribution < 1.29 is 4.79 Å². The number of hydrogen-bond donors (Lipinski definition) is 4. The summed E-state index contributed by atoms with van der Waals surface area (Å²) in [6, 6.07) is 9.64. The summed E-state index contributed by atoms with van der Waals surface area (Å²) in [5, 5.41) is 6.10. The Bertz CT molecular complexity index is 372. The van der Waals surface area contributed by atoms with Gasteiger partial charge in [0.2, 0.25) is 5.91 Å². The van der Waals surface area contributed by atoms with Gasteiger partial charge in [0, 0.05) is 24.9 Å². The molecule has 1 aromatic rings. The number of nitrogens with two attached hydrogens (primary N) is 1. The van der Waals surface area contributed by atoms with E-state index in [1.54, 1.807) is 0 Å². The predicted molar refractivity (Wildman–Crippen MR) is 82.2 cm³/mol. The summed E-state index contributed by atoms with van der Waals surface area (Å²) >= 11 is 4.12. The van der Waals surface area contributed by atoms with E-state index in [1.807, 2.05) is 37.3 Å². The van der Waals surface area contributed by atoms with Crippen molar-refractivity contribution in [2.75, 3.05) is 12.3 Å². The van der Waals surface area contributed by atoms with Crippen molar-refractivity contribution in [3.05, 3.63) is 35.9 Å². The maximum absolute atomic E-state index is 12.0. The van der Waals surface area contributed by atoms with Crippen LogP contribution in [0.4, 0.5) is 0 Å². The molecule has 0 aliphatic rings. The highest BCUT2D eigenvalue weighted by atomic mass is 32.1. The smallest absolute Gasteiger partial charge is 0.237 e. The van der Waals surface area contributed by atoms with Crippen molar-refractivity contribution in [2.24, 2.45) is 5.73 Å². The van der Waals surface area contributed by atoms with Crippen molar-refractivity contribution in [3.63, 3.8) is 0 Å². The first kappa shape index (κ1) is 16.0. The number of benzene rings is 1. The van der Waals surface area contributed by atoms with Crippen molar-refractivity contribution >= 4 is 18.5 Å². The lowest BCUT2D eigenvalue weighted by Crippen LogP contribution is -2.48. The molecule has 19 heavy (non-hydrogen) atoms. The first-order valence-corrected chi connectivity index (χ1v) is 7.22. The lowest BCUT2D eigenvalue weighted by Gasteiger charge is -2.18. The number of rotatable bonds is 8. The third-order valence-electron chi connectivity index (χ3n) is 2.90. The Labute approximate surface area is 120 Å². The molecule has 4 N–H and O–H groups in total. The zero-order valence-electron chi connectivity index (χ0n) is 11.3. The first-order chi connectivity index (χ1) is 9.17. The minimum Gasteiger partial charge on any atom is -0.351 e. The minimum absolute atomic E-state index is 0.0118. The van der Waals surface area contributed by atoms with Gasteiger partial charge >= 0.3 is 0 Å². The van der Waals surface area contributed by atoms with E-state index in [2.05, 4.69) is 23.3 Å². The van der Waals surface area contributed by atoms with Crippen LogP contribution in [0.5, 0.6) is 0 Å². The zero-order valence-corrected chi connectivity index (χ0v) is 12.2. The second kappa shape index (κ2) is 8.96. The molecule has 0 aliphatic heterocycles. The number of carbonyl (C=O) groups excluding carboxylic acids is 1. The van der Waals surface area contributed by atoms with Gasteiger partial charge in [0.15, 0.2) is 0 Å². The van der Waals surface area contributed by atoms with E-state index in [9.17, 15) is 4.79 Å². The summed E-state index contributed by atoms with van der Waals surface area (Å²) < 4.78 is 0. The number of hydrogen-bond acceptors (Lipinski definition) is 4. The van der Waals surface area contributed by atoms with Crippen LogP contribution in [0.25, 0.3) is 0 Å². The molecule has 106 valence electrons. The van der Waals surface area contributed by atoms with Gasteiger partial charge in [-0.05, 0) is 12.0 Å². The van der Waals surface area contributed by atoms with E-state index >= 15 is 0 Å². The molecule has 1 amide bonds. The van der Waals surface area contributed by atoms with Gasteiger partial charge in [-0.15, -0.1) is 0 Å². The summed E-state index contributed by atoms with van der Waals surface area (Å²) in [7, 11) is 0. The fourth-order valence-corrected chi connectivity index (χ4v) is 1.82. The van der Waals surface area contributed by atoms with Crippen LogP contribution in [0.2, 0.25) is 0 Å². The molecule has 0 saturated heterocycles. The first-order valence-electron chi connectivity index (χ1n) is 6.58. The predicted octanol–water partition coefficient (Wildman–Crippen LogP) is 0.928. The maximum atomic E-state index is 12.0. The Kier molecular flexibility index (Phi) is 7.55. The van der Waals surface area contributed by atoms with Gasteiger partial charge < -0.3 is 16.4 Å². The van der Waals surface area contributed by atoms with Gasteiger partial charge in [0.25, 0.3) is 0 Å². The number of amides is 1. The molecular weight excluding hydrogens is 258 g/mol. The SMILES string of the molecule is CC[C@H](NC[C@@H](N)CS)C(=O)NCc1ccccc1. The summed E-state index contributed by atoms with van der Waals surface area (Å²) in [6.07, 6.45) is 0.736. The number of carbonyl (C=O) groups is 1. The Morgan fingerprint density at radius 2 is 2.05 bits per heavy atom. The van der Waals surface area contributed by atoms with E-state index in [0.29, 0.717) is 18.8 Å². The summed E-state index contributed by atoms with van der Waals surface area (Å²) in [5.74, 6) is 0.618. The molecular formula is C14H23N3OS. The van der Waals surface area contributed by atoms with Crippen molar-refractivity contribution in [1.29, 1.82) is 0 Å². The van der Waals surface area contributed by atoms with Crippen LogP contribution >= 0.6 is 12.6 Å². The van der Waals surface area contributed by atoms with Crippen LogP contribution in [0.15, 0.2) is 30.3 Å². The molecule has 0 heterocycles. The van der Waals surface area contributed by atoms with Crippen LogP contribution in [0, 0.1) is 0 Å². The Balaban J connectivity index is 2.37. The van der Waals surface area contributed by atoms with Crippen LogP contribution < -0.4 is 16.4 Å². The van der Waals surface area contributed by atoms with Gasteiger partial charge in [0.05, 0.1) is 6.04 Å². The third-order valence-corrected chi connectivity index (χ3v) is 3.36. The molecule has 0 spiro atoms. The molecule has 0 unspecified atom stereocenters. The highest BCUT2D eigenvalue weighted by Gasteiger charge is 2.16. The molecule has 1 rings (SSSR count). The monoisotopic (exact) mass is 281 g/mol.